The summed E-state index contributed by atoms with van der Waals surface area (Å²) in [5, 5.41) is 2.92. The first-order chi connectivity index (χ1) is 14.6. The number of esters is 1. The number of ether oxygens (including phenoxy) is 1. The summed E-state index contributed by atoms with van der Waals surface area (Å²) in [5.74, 6) is -0.107. The van der Waals surface area contributed by atoms with Gasteiger partial charge in [-0.25, -0.2) is 17.7 Å². The quantitative estimate of drug-likeness (QED) is 0.614. The van der Waals surface area contributed by atoms with E-state index in [4.69, 9.17) is 4.74 Å². The van der Waals surface area contributed by atoms with Crippen LogP contribution >= 0.6 is 0 Å². The largest absolute Gasteiger partial charge is 0.453 e. The molecule has 0 unspecified atom stereocenters. The van der Waals surface area contributed by atoms with E-state index in [9.17, 15) is 18.0 Å². The lowest BCUT2D eigenvalue weighted by Gasteiger charge is -2.17. The van der Waals surface area contributed by atoms with Crippen LogP contribution in [0.4, 0.5) is 0 Å². The van der Waals surface area contributed by atoms with Gasteiger partial charge in [0, 0.05) is 33.6 Å². The lowest BCUT2D eigenvalue weighted by Crippen LogP contribution is -2.40. The number of carbonyl (C=O) groups excluding carboxylic acids is 2. The molecule has 1 saturated carbocycles. The van der Waals surface area contributed by atoms with Gasteiger partial charge in [0.15, 0.2) is 6.10 Å². The third-order valence-corrected chi connectivity index (χ3v) is 7.47. The van der Waals surface area contributed by atoms with Gasteiger partial charge in [-0.2, -0.15) is 0 Å². The minimum atomic E-state index is -3.56. The Bertz CT molecular complexity index is 1070. The van der Waals surface area contributed by atoms with Gasteiger partial charge < -0.3 is 14.6 Å². The Morgan fingerprint density at radius 3 is 2.61 bits per heavy atom. The van der Waals surface area contributed by atoms with Crippen LogP contribution in [0.5, 0.6) is 0 Å². The fraction of sp³-hybridized carbons (Fsp3) is 0.571. The molecule has 170 valence electrons. The molecule has 1 aromatic heterocycles. The van der Waals surface area contributed by atoms with E-state index in [1.165, 1.54) is 20.2 Å². The number of rotatable bonds is 8. The van der Waals surface area contributed by atoms with E-state index in [-0.39, 0.29) is 23.3 Å². The predicted octanol–water partition coefficient (Wildman–Crippen LogP) is 1.75. The molecule has 31 heavy (non-hydrogen) atoms. The number of amides is 1. The predicted molar refractivity (Wildman–Crippen MR) is 116 cm³/mol. The highest BCUT2D eigenvalue weighted by molar-refractivity contribution is 7.89. The van der Waals surface area contributed by atoms with Crippen molar-refractivity contribution >= 4 is 32.9 Å². The fourth-order valence-corrected chi connectivity index (χ4v) is 4.66. The van der Waals surface area contributed by atoms with Crippen LogP contribution in [-0.2, 0) is 37.8 Å². The molecule has 1 aliphatic carbocycles. The molecule has 1 fully saturated rings. The Hall–Kier alpha value is -2.46. The summed E-state index contributed by atoms with van der Waals surface area (Å²) in [6.45, 7) is 1.57. The Kier molecular flexibility index (Phi) is 7.00. The Balaban J connectivity index is 1.61. The van der Waals surface area contributed by atoms with Crippen molar-refractivity contribution in [2.45, 2.75) is 62.5 Å². The molecule has 1 N–H and O–H groups in total. The molecule has 1 aromatic carbocycles. The van der Waals surface area contributed by atoms with Gasteiger partial charge in [0.25, 0.3) is 5.91 Å². The number of hydrogen-bond acceptors (Lipinski definition) is 6. The highest BCUT2D eigenvalue weighted by Crippen LogP contribution is 2.22. The maximum absolute atomic E-state index is 12.3. The summed E-state index contributed by atoms with van der Waals surface area (Å²) >= 11 is 0. The lowest BCUT2D eigenvalue weighted by molar-refractivity contribution is -0.155. The summed E-state index contributed by atoms with van der Waals surface area (Å²) in [6, 6.07) is 4.95. The molecule has 2 aromatic rings. The highest BCUT2D eigenvalue weighted by atomic mass is 32.2. The first-order valence-corrected chi connectivity index (χ1v) is 11.9. The molecule has 0 bridgehead atoms. The van der Waals surface area contributed by atoms with Crippen LogP contribution in [0.15, 0.2) is 23.1 Å². The average molecular weight is 451 g/mol. The highest BCUT2D eigenvalue weighted by Gasteiger charge is 2.23. The second kappa shape index (κ2) is 9.35. The molecule has 1 atom stereocenters. The summed E-state index contributed by atoms with van der Waals surface area (Å²) < 4.78 is 32.9. The average Bonchev–Trinajstić information content (AvgIpc) is 3.33. The number of sulfonamides is 1. The maximum Gasteiger partial charge on any atom is 0.307 e. The first-order valence-electron chi connectivity index (χ1n) is 10.5. The molecule has 0 saturated heterocycles. The van der Waals surface area contributed by atoms with E-state index in [1.54, 1.807) is 19.1 Å². The van der Waals surface area contributed by atoms with Crippen molar-refractivity contribution < 1.29 is 22.7 Å². The van der Waals surface area contributed by atoms with E-state index in [2.05, 4.69) is 10.3 Å². The van der Waals surface area contributed by atoms with E-state index in [1.807, 2.05) is 11.6 Å². The molecule has 0 radical (unpaired) electrons. The van der Waals surface area contributed by atoms with Gasteiger partial charge in [0.2, 0.25) is 10.0 Å². The van der Waals surface area contributed by atoms with E-state index < -0.39 is 22.1 Å². The zero-order valence-corrected chi connectivity index (χ0v) is 19.2. The van der Waals surface area contributed by atoms with Gasteiger partial charge in [0.05, 0.1) is 22.3 Å². The number of aromatic nitrogens is 2. The number of fused-ring (bicyclic) bond motifs is 1. The molecular weight excluding hydrogens is 420 g/mol. The summed E-state index contributed by atoms with van der Waals surface area (Å²) in [7, 11) is 1.21. The van der Waals surface area contributed by atoms with Crippen molar-refractivity contribution in [3.05, 3.63) is 24.0 Å². The van der Waals surface area contributed by atoms with Crippen molar-refractivity contribution in [3.63, 3.8) is 0 Å². The van der Waals surface area contributed by atoms with E-state index in [0.29, 0.717) is 17.8 Å². The fourth-order valence-electron chi connectivity index (χ4n) is 3.74. The van der Waals surface area contributed by atoms with Crippen LogP contribution in [0.1, 0.15) is 44.9 Å². The SMILES string of the molecule is C[C@H](OC(=O)CCc1nc2cc(S(=O)(=O)N(C)C)ccc2n1C)C(=O)NC1CCCC1. The van der Waals surface area contributed by atoms with E-state index >= 15 is 0 Å². The van der Waals surface area contributed by atoms with Gasteiger partial charge in [-0.15, -0.1) is 0 Å². The van der Waals surface area contributed by atoms with Crippen LogP contribution in [0, 0.1) is 0 Å². The third kappa shape index (κ3) is 5.24. The Morgan fingerprint density at radius 2 is 1.97 bits per heavy atom. The lowest BCUT2D eigenvalue weighted by atomic mass is 10.2. The number of aryl methyl sites for hydroxylation is 2. The maximum atomic E-state index is 12.3. The van der Waals surface area contributed by atoms with Crippen molar-refractivity contribution in [2.75, 3.05) is 14.1 Å². The van der Waals surface area contributed by atoms with Crippen molar-refractivity contribution in [3.8, 4) is 0 Å². The molecule has 1 amide bonds. The number of imidazole rings is 1. The molecule has 3 rings (SSSR count). The van der Waals surface area contributed by atoms with Gasteiger partial charge >= 0.3 is 5.97 Å². The Labute approximate surface area is 182 Å². The van der Waals surface area contributed by atoms with Crippen molar-refractivity contribution in [1.29, 1.82) is 0 Å². The summed E-state index contributed by atoms with van der Waals surface area (Å²) in [4.78, 5) is 29.1. The smallest absolute Gasteiger partial charge is 0.307 e. The summed E-state index contributed by atoms with van der Waals surface area (Å²) in [6.07, 6.45) is 3.71. The second-order valence-electron chi connectivity index (χ2n) is 8.15. The van der Waals surface area contributed by atoms with Crippen LogP contribution in [0.25, 0.3) is 11.0 Å². The Morgan fingerprint density at radius 1 is 1.29 bits per heavy atom. The minimum absolute atomic E-state index is 0.0705. The molecule has 0 aliphatic heterocycles. The number of nitrogens with one attached hydrogen (secondary N) is 1. The standard InChI is InChI=1S/C21H30N4O5S/c1-14(21(27)22-15-7-5-6-8-15)30-20(26)12-11-19-23-17-13-16(31(28,29)24(2)3)9-10-18(17)25(19)4/h9-10,13-15H,5-8,11-12H2,1-4H3,(H,22,27)/t14-/m0/s1. The van der Waals surface area contributed by atoms with E-state index in [0.717, 1.165) is 35.5 Å². The molecular formula is C21H30N4O5S. The monoisotopic (exact) mass is 450 g/mol. The molecule has 10 heteroatoms. The van der Waals surface area contributed by atoms with Gasteiger partial charge in [-0.3, -0.25) is 9.59 Å². The normalized spacial score (nSPS) is 16.0. The van der Waals surface area contributed by atoms with Gasteiger partial charge in [-0.05, 0) is 38.0 Å². The van der Waals surface area contributed by atoms with Crippen LogP contribution in [0.2, 0.25) is 0 Å². The molecule has 1 heterocycles. The molecule has 1 aliphatic rings. The number of hydrogen-bond donors (Lipinski definition) is 1. The van der Waals surface area contributed by atoms with Crippen LogP contribution in [0.3, 0.4) is 0 Å². The number of benzene rings is 1. The molecule has 9 nitrogen and oxygen atoms in total. The summed E-state index contributed by atoms with van der Waals surface area (Å²) in [5.41, 5.74) is 1.31. The van der Waals surface area contributed by atoms with Gasteiger partial charge in [0.1, 0.15) is 5.82 Å². The minimum Gasteiger partial charge on any atom is -0.453 e. The topological polar surface area (TPSA) is 111 Å². The molecule has 0 spiro atoms. The third-order valence-electron chi connectivity index (χ3n) is 5.66. The zero-order valence-electron chi connectivity index (χ0n) is 18.4. The van der Waals surface area contributed by atoms with Gasteiger partial charge in [-0.1, -0.05) is 12.8 Å². The number of nitrogens with zero attached hydrogens (tertiary/aromatic N) is 3. The van der Waals surface area contributed by atoms with Crippen LogP contribution < -0.4 is 5.32 Å². The number of carbonyl (C=O) groups is 2. The van der Waals surface area contributed by atoms with Crippen molar-refractivity contribution in [2.24, 2.45) is 7.05 Å². The van der Waals surface area contributed by atoms with Crippen LogP contribution in [-0.4, -0.2) is 60.4 Å². The first kappa shape index (κ1) is 23.2. The van der Waals surface area contributed by atoms with Crippen molar-refractivity contribution in [1.82, 2.24) is 19.2 Å². The zero-order chi connectivity index (χ0) is 22.8. The second-order valence-corrected chi connectivity index (χ2v) is 10.3.